The molecule has 0 bridgehead atoms. The van der Waals surface area contributed by atoms with E-state index >= 15 is 4.39 Å². The lowest BCUT2D eigenvalue weighted by atomic mass is 10.00. The standard InChI is InChI=1S/C24H18F5N5O2/c1-10-8-33(21-11-2-3-14(24(27,28)29)20(26)12(11)5-19(21)36-10)23(35)13-4-17-16(6-15(13)25)32-22(30)18-7-31-9-34(17)18/h2-4,6-7,9-10,19,21H,5,8H2,1H3,(H2,30,32)/t10-,19+,21-/m0/s1. The Morgan fingerprint density at radius 3 is 2.72 bits per heavy atom. The molecule has 1 aliphatic heterocycles. The van der Waals surface area contributed by atoms with Gasteiger partial charge in [-0.2, -0.15) is 13.2 Å². The average Bonchev–Trinajstić information content (AvgIpc) is 3.43. The van der Waals surface area contributed by atoms with Gasteiger partial charge in [-0.1, -0.05) is 6.07 Å². The van der Waals surface area contributed by atoms with Gasteiger partial charge in [-0.25, -0.2) is 18.7 Å². The largest absolute Gasteiger partial charge is 0.419 e. The normalized spacial score (nSPS) is 21.7. The summed E-state index contributed by atoms with van der Waals surface area (Å²) >= 11 is 0. The number of hydrogen-bond donors (Lipinski definition) is 1. The molecule has 2 aromatic carbocycles. The average molecular weight is 503 g/mol. The van der Waals surface area contributed by atoms with Crippen LogP contribution in [0, 0.1) is 11.6 Å². The molecule has 6 rings (SSSR count). The Bertz CT molecular complexity index is 1570. The van der Waals surface area contributed by atoms with Gasteiger partial charge in [-0.15, -0.1) is 0 Å². The molecule has 0 saturated carbocycles. The van der Waals surface area contributed by atoms with Gasteiger partial charge < -0.3 is 15.4 Å². The van der Waals surface area contributed by atoms with E-state index in [0.29, 0.717) is 17.1 Å². The zero-order valence-electron chi connectivity index (χ0n) is 18.7. The molecule has 0 radical (unpaired) electrons. The number of nitrogen functional groups attached to an aromatic ring is 1. The number of hydrogen-bond acceptors (Lipinski definition) is 5. The van der Waals surface area contributed by atoms with Crippen molar-refractivity contribution in [1.82, 2.24) is 19.3 Å². The maximum absolute atomic E-state index is 15.2. The summed E-state index contributed by atoms with van der Waals surface area (Å²) in [4.78, 5) is 23.3. The van der Waals surface area contributed by atoms with Gasteiger partial charge in [0.05, 0.1) is 52.9 Å². The van der Waals surface area contributed by atoms with Crippen LogP contribution in [0.4, 0.5) is 27.8 Å². The minimum atomic E-state index is -4.86. The van der Waals surface area contributed by atoms with Crippen molar-refractivity contribution in [2.24, 2.45) is 0 Å². The molecule has 1 aliphatic carbocycles. The molecule has 1 amide bonds. The minimum Gasteiger partial charge on any atom is -0.382 e. The predicted octanol–water partition coefficient (Wildman–Crippen LogP) is 4.29. The number of imidazole rings is 1. The fourth-order valence-electron chi connectivity index (χ4n) is 5.30. The number of aromatic nitrogens is 3. The van der Waals surface area contributed by atoms with Gasteiger partial charge in [0.1, 0.15) is 23.0 Å². The lowest BCUT2D eigenvalue weighted by Gasteiger charge is -2.41. The number of rotatable bonds is 1. The third kappa shape index (κ3) is 3.24. The Balaban J connectivity index is 1.46. The first kappa shape index (κ1) is 22.7. The molecule has 3 heterocycles. The van der Waals surface area contributed by atoms with Crippen LogP contribution in [0.3, 0.4) is 0 Å². The number of nitrogens with two attached hydrogens (primary N) is 1. The molecule has 186 valence electrons. The van der Waals surface area contributed by atoms with Crippen molar-refractivity contribution in [3.8, 4) is 0 Å². The van der Waals surface area contributed by atoms with E-state index in [1.165, 1.54) is 29.6 Å². The number of carbonyl (C=O) groups excluding carboxylic acids is 1. The first-order chi connectivity index (χ1) is 17.0. The van der Waals surface area contributed by atoms with Crippen LogP contribution in [0.5, 0.6) is 0 Å². The predicted molar refractivity (Wildman–Crippen MR) is 118 cm³/mol. The number of amides is 1. The number of morpholine rings is 1. The third-order valence-electron chi connectivity index (χ3n) is 6.81. The second-order valence-electron chi connectivity index (χ2n) is 9.05. The number of ether oxygens (including phenoxy) is 1. The molecule has 1 fully saturated rings. The van der Waals surface area contributed by atoms with E-state index in [1.54, 1.807) is 11.3 Å². The summed E-state index contributed by atoms with van der Waals surface area (Å²) in [5.41, 5.74) is 5.44. The smallest absolute Gasteiger partial charge is 0.382 e. The van der Waals surface area contributed by atoms with Crippen LogP contribution in [0.15, 0.2) is 36.8 Å². The highest BCUT2D eigenvalue weighted by atomic mass is 19.4. The molecule has 7 nitrogen and oxygen atoms in total. The van der Waals surface area contributed by atoms with Gasteiger partial charge in [0.2, 0.25) is 0 Å². The van der Waals surface area contributed by atoms with E-state index in [0.717, 1.165) is 6.07 Å². The molecule has 12 heteroatoms. The second-order valence-corrected chi connectivity index (χ2v) is 9.05. The maximum Gasteiger partial charge on any atom is 0.419 e. The number of alkyl halides is 3. The number of fused-ring (bicyclic) bond motifs is 6. The summed E-state index contributed by atoms with van der Waals surface area (Å²) < 4.78 is 77.3. The molecule has 36 heavy (non-hydrogen) atoms. The maximum atomic E-state index is 15.2. The Labute approximate surface area is 200 Å². The summed E-state index contributed by atoms with van der Waals surface area (Å²) in [6.45, 7) is 1.73. The first-order valence-corrected chi connectivity index (χ1v) is 11.1. The molecular formula is C24H18F5N5O2. The second kappa shape index (κ2) is 7.60. The van der Waals surface area contributed by atoms with Crippen LogP contribution in [0.25, 0.3) is 16.6 Å². The molecule has 2 N–H and O–H groups in total. The van der Waals surface area contributed by atoms with E-state index in [2.05, 4.69) is 9.97 Å². The molecule has 2 aliphatic rings. The van der Waals surface area contributed by atoms with Gasteiger partial charge in [0.25, 0.3) is 5.91 Å². The molecule has 3 atom stereocenters. The zero-order chi connectivity index (χ0) is 25.5. The van der Waals surface area contributed by atoms with Crippen LogP contribution in [-0.4, -0.2) is 43.9 Å². The lowest BCUT2D eigenvalue weighted by Crippen LogP contribution is -2.50. The van der Waals surface area contributed by atoms with Gasteiger partial charge in [-0.3, -0.25) is 9.20 Å². The molecule has 0 spiro atoms. The van der Waals surface area contributed by atoms with E-state index in [9.17, 15) is 22.4 Å². The third-order valence-corrected chi connectivity index (χ3v) is 6.81. The van der Waals surface area contributed by atoms with Gasteiger partial charge >= 0.3 is 6.18 Å². The number of anilines is 1. The summed E-state index contributed by atoms with van der Waals surface area (Å²) in [6.07, 6.45) is -3.32. The highest BCUT2D eigenvalue weighted by molar-refractivity contribution is 5.99. The van der Waals surface area contributed by atoms with Gasteiger partial charge in [0.15, 0.2) is 0 Å². The van der Waals surface area contributed by atoms with E-state index in [-0.39, 0.29) is 41.0 Å². The van der Waals surface area contributed by atoms with Crippen LogP contribution < -0.4 is 5.73 Å². The van der Waals surface area contributed by atoms with Crippen molar-refractivity contribution < 1.29 is 31.5 Å². The fourth-order valence-corrected chi connectivity index (χ4v) is 5.30. The Kier molecular flexibility index (Phi) is 4.78. The molecule has 4 aromatic rings. The van der Waals surface area contributed by atoms with Crippen molar-refractivity contribution >= 4 is 28.3 Å². The minimum absolute atomic E-state index is 0.0417. The topological polar surface area (TPSA) is 85.8 Å². The molecule has 2 aromatic heterocycles. The summed E-state index contributed by atoms with van der Waals surface area (Å²) in [6, 6.07) is 3.40. The lowest BCUT2D eigenvalue weighted by molar-refractivity contribution is -0.140. The fraction of sp³-hybridized carbons (Fsp3) is 0.292. The van der Waals surface area contributed by atoms with Crippen LogP contribution in [0.1, 0.15) is 40.0 Å². The highest BCUT2D eigenvalue weighted by Crippen LogP contribution is 2.45. The van der Waals surface area contributed by atoms with Crippen molar-refractivity contribution in [2.45, 2.75) is 37.8 Å². The van der Waals surface area contributed by atoms with Crippen molar-refractivity contribution in [3.05, 3.63) is 70.7 Å². The van der Waals surface area contributed by atoms with Gasteiger partial charge in [0, 0.05) is 19.0 Å². The zero-order valence-corrected chi connectivity index (χ0v) is 18.7. The molecular weight excluding hydrogens is 485 g/mol. The Morgan fingerprint density at radius 2 is 1.97 bits per heavy atom. The molecule has 0 unspecified atom stereocenters. The van der Waals surface area contributed by atoms with Crippen LogP contribution in [0.2, 0.25) is 0 Å². The van der Waals surface area contributed by atoms with Crippen molar-refractivity contribution in [3.63, 3.8) is 0 Å². The van der Waals surface area contributed by atoms with E-state index in [4.69, 9.17) is 10.5 Å². The van der Waals surface area contributed by atoms with E-state index < -0.39 is 47.5 Å². The Morgan fingerprint density at radius 1 is 1.19 bits per heavy atom. The number of carbonyl (C=O) groups is 1. The van der Waals surface area contributed by atoms with Crippen molar-refractivity contribution in [1.29, 1.82) is 0 Å². The summed E-state index contributed by atoms with van der Waals surface area (Å²) in [5.74, 6) is -2.77. The van der Waals surface area contributed by atoms with Crippen LogP contribution in [-0.2, 0) is 17.3 Å². The molecule has 1 saturated heterocycles. The highest BCUT2D eigenvalue weighted by Gasteiger charge is 2.47. The summed E-state index contributed by atoms with van der Waals surface area (Å²) in [5, 5.41) is 0. The first-order valence-electron chi connectivity index (χ1n) is 11.1. The number of nitrogens with zero attached hydrogens (tertiary/aromatic N) is 4. The summed E-state index contributed by atoms with van der Waals surface area (Å²) in [7, 11) is 0. The van der Waals surface area contributed by atoms with Crippen molar-refractivity contribution in [2.75, 3.05) is 12.3 Å². The van der Waals surface area contributed by atoms with E-state index in [1.807, 2.05) is 0 Å². The number of halogens is 5. The number of benzene rings is 2. The Hall–Kier alpha value is -3.80. The van der Waals surface area contributed by atoms with Gasteiger partial charge in [-0.05, 0) is 30.2 Å². The SMILES string of the molecule is C[C@H]1CN(C(=O)c2cc3c(cc2F)nc(N)c2cncn23)[C@H]2c3ccc(C(F)(F)F)c(F)c3C[C@H]2O1. The van der Waals surface area contributed by atoms with Crippen LogP contribution >= 0.6 is 0 Å². The monoisotopic (exact) mass is 503 g/mol. The quantitative estimate of drug-likeness (QED) is 0.392.